The first-order chi connectivity index (χ1) is 6.07. The Morgan fingerprint density at radius 3 is 2.62 bits per heavy atom. The maximum absolute atomic E-state index is 5.62. The second-order valence-electron chi connectivity index (χ2n) is 2.56. The van der Waals surface area contributed by atoms with Crippen molar-refractivity contribution in [3.05, 3.63) is 0 Å². The third kappa shape index (κ3) is 1.92. The fraction of sp³-hybridized carbons (Fsp3) is 0.500. The lowest BCUT2D eigenvalue weighted by Gasteiger charge is -2.12. The van der Waals surface area contributed by atoms with Gasteiger partial charge in [-0.05, 0) is 6.26 Å². The van der Waals surface area contributed by atoms with Crippen molar-refractivity contribution in [2.75, 3.05) is 31.0 Å². The summed E-state index contributed by atoms with van der Waals surface area (Å²) >= 11 is 6.54. The van der Waals surface area contributed by atoms with Gasteiger partial charge in [-0.2, -0.15) is 0 Å². The van der Waals surface area contributed by atoms with Crippen LogP contribution in [0.25, 0.3) is 0 Å². The van der Waals surface area contributed by atoms with Crippen LogP contribution in [0, 0.1) is 0 Å². The van der Waals surface area contributed by atoms with Gasteiger partial charge in [0.25, 0.3) is 0 Å². The number of rotatable bonds is 1. The average molecular weight is 217 g/mol. The summed E-state index contributed by atoms with van der Waals surface area (Å²) in [5.74, 6) is 0.972. The summed E-state index contributed by atoms with van der Waals surface area (Å²) in [6, 6.07) is 0. The van der Waals surface area contributed by atoms with Gasteiger partial charge >= 0.3 is 0 Å². The zero-order chi connectivity index (χ0) is 10.0. The predicted octanol–water partition coefficient (Wildman–Crippen LogP) is 0.422. The lowest BCUT2D eigenvalue weighted by molar-refractivity contribution is 0.981. The first kappa shape index (κ1) is 10.3. The molecule has 0 bridgehead atoms. The van der Waals surface area contributed by atoms with Gasteiger partial charge in [0, 0.05) is 14.1 Å². The number of nitrogen functional groups attached to an aromatic ring is 1. The topological polar surface area (TPSA) is 60.0 Å². The summed E-state index contributed by atoms with van der Waals surface area (Å²) in [7, 11) is 3.73. The molecular weight excluding hydrogens is 206 g/mol. The number of anilines is 2. The van der Waals surface area contributed by atoms with E-state index in [1.165, 1.54) is 11.8 Å². The highest BCUT2D eigenvalue weighted by Gasteiger charge is 2.13. The monoisotopic (exact) mass is 217 g/mol. The van der Waals surface area contributed by atoms with E-state index < -0.39 is 0 Å². The van der Waals surface area contributed by atoms with E-state index in [1.54, 1.807) is 4.57 Å². The first-order valence-electron chi connectivity index (χ1n) is 3.54. The van der Waals surface area contributed by atoms with E-state index in [9.17, 15) is 0 Å². The van der Waals surface area contributed by atoms with Crippen LogP contribution < -0.4 is 10.6 Å². The molecule has 0 saturated carbocycles. The molecule has 2 N–H and O–H groups in total. The Kier molecular flexibility index (Phi) is 3.10. The molecule has 1 aromatic heterocycles. The summed E-state index contributed by atoms with van der Waals surface area (Å²) in [6.07, 6.45) is 1.89. The van der Waals surface area contributed by atoms with Gasteiger partial charge in [-0.25, -0.2) is 4.57 Å². The van der Waals surface area contributed by atoms with Crippen molar-refractivity contribution in [2.24, 2.45) is 0 Å². The van der Waals surface area contributed by atoms with Crippen molar-refractivity contribution in [3.63, 3.8) is 0 Å². The summed E-state index contributed by atoms with van der Waals surface area (Å²) < 4.78 is 2.28. The Bertz CT molecular complexity index is 319. The number of nitrogens with two attached hydrogens (primary N) is 1. The SMILES string of the molecule is CSC(=S)n1c(N)nnc1N(C)C. The standard InChI is InChI=1S/C6H11N5S2/c1-10(2)5-9-8-4(7)11(5)6(12)13-3/h1-3H3,(H2,7,8). The van der Waals surface area contributed by atoms with Crippen molar-refractivity contribution in [3.8, 4) is 0 Å². The number of nitrogens with zero attached hydrogens (tertiary/aromatic N) is 4. The third-order valence-corrected chi connectivity index (χ3v) is 2.64. The van der Waals surface area contributed by atoms with Crippen molar-refractivity contribution in [1.82, 2.24) is 14.8 Å². The van der Waals surface area contributed by atoms with Gasteiger partial charge in [0.1, 0.15) is 4.32 Å². The normalized spacial score (nSPS) is 10.1. The van der Waals surface area contributed by atoms with Crippen molar-refractivity contribution >= 4 is 40.2 Å². The van der Waals surface area contributed by atoms with Crippen LogP contribution in [0.15, 0.2) is 0 Å². The minimum atomic E-state index is 0.322. The number of aromatic nitrogens is 3. The molecule has 0 aliphatic heterocycles. The molecule has 72 valence electrons. The highest BCUT2D eigenvalue weighted by atomic mass is 32.2. The molecule has 7 heteroatoms. The van der Waals surface area contributed by atoms with Gasteiger partial charge in [0.15, 0.2) is 0 Å². The fourth-order valence-electron chi connectivity index (χ4n) is 0.844. The zero-order valence-electron chi connectivity index (χ0n) is 7.68. The van der Waals surface area contributed by atoms with E-state index in [4.69, 9.17) is 18.0 Å². The molecular formula is C6H11N5S2. The molecule has 0 aliphatic carbocycles. The minimum Gasteiger partial charge on any atom is -0.367 e. The van der Waals surface area contributed by atoms with Gasteiger partial charge in [0.05, 0.1) is 0 Å². The molecule has 13 heavy (non-hydrogen) atoms. The van der Waals surface area contributed by atoms with E-state index in [-0.39, 0.29) is 0 Å². The quantitative estimate of drug-likeness (QED) is 0.688. The molecule has 0 fully saturated rings. The van der Waals surface area contributed by atoms with Crippen molar-refractivity contribution in [2.45, 2.75) is 0 Å². The number of thioether (sulfide) groups is 1. The van der Waals surface area contributed by atoms with Crippen LogP contribution in [0.4, 0.5) is 11.9 Å². The van der Waals surface area contributed by atoms with E-state index in [2.05, 4.69) is 10.2 Å². The van der Waals surface area contributed by atoms with Crippen LogP contribution in [0.2, 0.25) is 0 Å². The largest absolute Gasteiger partial charge is 0.367 e. The number of hydrogen-bond donors (Lipinski definition) is 1. The van der Waals surface area contributed by atoms with Gasteiger partial charge in [-0.15, -0.1) is 10.2 Å². The van der Waals surface area contributed by atoms with E-state index in [0.29, 0.717) is 16.2 Å². The third-order valence-electron chi connectivity index (χ3n) is 1.43. The molecule has 0 saturated heterocycles. The molecule has 0 unspecified atom stereocenters. The lowest BCUT2D eigenvalue weighted by Crippen LogP contribution is -2.19. The summed E-state index contributed by atoms with van der Waals surface area (Å²) in [4.78, 5) is 1.81. The molecule has 0 spiro atoms. The van der Waals surface area contributed by atoms with Crippen LogP contribution in [0.5, 0.6) is 0 Å². The lowest BCUT2D eigenvalue weighted by atomic mass is 10.8. The molecule has 0 amide bonds. The Balaban J connectivity index is 3.16. The average Bonchev–Trinajstić information content (AvgIpc) is 2.46. The Morgan fingerprint density at radius 2 is 2.15 bits per heavy atom. The van der Waals surface area contributed by atoms with Crippen LogP contribution in [0.1, 0.15) is 0 Å². The number of hydrogen-bond acceptors (Lipinski definition) is 6. The van der Waals surface area contributed by atoms with Crippen LogP contribution >= 0.6 is 24.0 Å². The van der Waals surface area contributed by atoms with Gasteiger partial charge in [-0.1, -0.05) is 24.0 Å². The summed E-state index contributed by atoms with van der Waals surface area (Å²) in [6.45, 7) is 0. The molecule has 0 aliphatic rings. The van der Waals surface area contributed by atoms with Gasteiger partial charge in [0.2, 0.25) is 11.9 Å². The highest BCUT2D eigenvalue weighted by Crippen LogP contribution is 2.16. The highest BCUT2D eigenvalue weighted by molar-refractivity contribution is 8.22. The molecule has 1 heterocycles. The van der Waals surface area contributed by atoms with Gasteiger partial charge < -0.3 is 10.6 Å². The maximum Gasteiger partial charge on any atom is 0.233 e. The summed E-state index contributed by atoms with van der Waals surface area (Å²) in [5.41, 5.74) is 5.62. The molecule has 1 aromatic rings. The fourth-order valence-corrected chi connectivity index (χ4v) is 1.38. The van der Waals surface area contributed by atoms with Gasteiger partial charge in [-0.3, -0.25) is 0 Å². The molecule has 0 aromatic carbocycles. The predicted molar refractivity (Wildman–Crippen MR) is 60.3 cm³/mol. The molecule has 5 nitrogen and oxygen atoms in total. The molecule has 0 atom stereocenters. The Hall–Kier alpha value is -0.820. The van der Waals surface area contributed by atoms with E-state index in [1.807, 2.05) is 25.3 Å². The summed E-state index contributed by atoms with van der Waals surface area (Å²) in [5, 5.41) is 7.65. The smallest absolute Gasteiger partial charge is 0.233 e. The Labute approximate surface area is 86.3 Å². The number of thiocarbonyl (C=S) groups is 1. The van der Waals surface area contributed by atoms with Crippen LogP contribution in [-0.4, -0.2) is 39.4 Å². The minimum absolute atomic E-state index is 0.322. The maximum atomic E-state index is 5.62. The Morgan fingerprint density at radius 1 is 1.54 bits per heavy atom. The van der Waals surface area contributed by atoms with Crippen LogP contribution in [-0.2, 0) is 0 Å². The molecule has 1 rings (SSSR count). The van der Waals surface area contributed by atoms with E-state index >= 15 is 0 Å². The second-order valence-corrected chi connectivity index (χ2v) is 4.00. The van der Waals surface area contributed by atoms with Crippen molar-refractivity contribution in [1.29, 1.82) is 0 Å². The first-order valence-corrected chi connectivity index (χ1v) is 5.17. The molecule has 0 radical (unpaired) electrons. The van der Waals surface area contributed by atoms with Crippen LogP contribution in [0.3, 0.4) is 0 Å². The van der Waals surface area contributed by atoms with Crippen molar-refractivity contribution < 1.29 is 0 Å². The second kappa shape index (κ2) is 3.93. The van der Waals surface area contributed by atoms with E-state index in [0.717, 1.165) is 0 Å². The zero-order valence-corrected chi connectivity index (χ0v) is 9.32.